The average molecular weight is 929 g/mol. The van der Waals surface area contributed by atoms with Crippen LogP contribution >= 0.6 is 23.6 Å². The minimum Gasteiger partial charge on any atom is -0.344 e. The van der Waals surface area contributed by atoms with E-state index in [4.69, 9.17) is 21.1 Å². The van der Waals surface area contributed by atoms with Crippen molar-refractivity contribution in [1.29, 1.82) is 0 Å². The molecule has 3 aliphatic rings. The third-order valence-corrected chi connectivity index (χ3v) is 16.2. The first-order valence-electron chi connectivity index (χ1n) is 23.1. The molecule has 1 aliphatic carbocycles. The number of allylic oxidation sites excluding steroid dienone is 8. The van der Waals surface area contributed by atoms with E-state index < -0.39 is 10.1 Å². The van der Waals surface area contributed by atoms with Gasteiger partial charge in [0.05, 0.1) is 11.2 Å². The van der Waals surface area contributed by atoms with Crippen LogP contribution in [0.1, 0.15) is 105 Å². The van der Waals surface area contributed by atoms with Gasteiger partial charge in [-0.2, -0.15) is 17.6 Å². The van der Waals surface area contributed by atoms with Gasteiger partial charge in [-0.25, -0.2) is 5.26 Å². The van der Waals surface area contributed by atoms with E-state index in [2.05, 4.69) is 144 Å². The number of quaternary nitrogens is 1. The van der Waals surface area contributed by atoms with Crippen LogP contribution in [-0.4, -0.2) is 72.8 Å². The minimum absolute atomic E-state index is 0.0127. The second-order valence-electron chi connectivity index (χ2n) is 18.3. The molecule has 2 aliphatic heterocycles. The predicted molar refractivity (Wildman–Crippen MR) is 266 cm³/mol. The van der Waals surface area contributed by atoms with E-state index in [1.54, 1.807) is 0 Å². The smallest absolute Gasteiger partial charge is 0.314 e. The van der Waals surface area contributed by atoms with Gasteiger partial charge < -0.3 is 4.90 Å². The first kappa shape index (κ1) is 48.2. The molecule has 0 radical (unpaired) electrons. The quantitative estimate of drug-likeness (QED) is 0.0234. The Balaban J connectivity index is 1.19. The van der Waals surface area contributed by atoms with Crippen LogP contribution in [0.3, 0.4) is 0 Å². The fraction of sp³-hybridized carbons (Fsp3) is 0.442. The Morgan fingerprint density at radius 1 is 0.812 bits per heavy atom. The monoisotopic (exact) mass is 927 g/mol. The van der Waals surface area contributed by atoms with E-state index in [0.717, 1.165) is 66.9 Å². The number of halogens is 1. The Bertz CT molecular complexity index is 2620. The van der Waals surface area contributed by atoms with E-state index in [1.807, 2.05) is 20.8 Å². The van der Waals surface area contributed by atoms with Gasteiger partial charge in [0.15, 0.2) is 5.71 Å². The van der Waals surface area contributed by atoms with Crippen molar-refractivity contribution in [1.82, 2.24) is 0 Å². The van der Waals surface area contributed by atoms with Gasteiger partial charge in [0.1, 0.15) is 26.2 Å². The van der Waals surface area contributed by atoms with Crippen molar-refractivity contribution < 1.29 is 36.6 Å². The van der Waals surface area contributed by atoms with Gasteiger partial charge in [-0.15, -0.1) is 4.33 Å². The maximum absolute atomic E-state index is 13.2. The third-order valence-electron chi connectivity index (χ3n) is 13.8. The largest absolute Gasteiger partial charge is 0.344 e. The van der Waals surface area contributed by atoms with E-state index in [-0.39, 0.29) is 21.2 Å². The fourth-order valence-corrected chi connectivity index (χ4v) is 12.4. The molecular weight excluding hydrogens is 862 g/mol. The van der Waals surface area contributed by atoms with Crippen molar-refractivity contribution in [3.63, 3.8) is 0 Å². The Hall–Kier alpha value is -3.78. The normalized spacial score (nSPS) is 18.7. The molecule has 0 unspecified atom stereocenters. The summed E-state index contributed by atoms with van der Waals surface area (Å²) in [5.74, 6) is 0.692. The molecule has 0 atom stereocenters. The molecule has 2 heterocycles. The molecule has 0 fully saturated rings. The van der Waals surface area contributed by atoms with Gasteiger partial charge in [0.25, 0.3) is 0 Å². The average Bonchev–Trinajstić information content (AvgIpc) is 3.65. The van der Waals surface area contributed by atoms with E-state index in [1.165, 1.54) is 55.5 Å². The summed E-state index contributed by atoms with van der Waals surface area (Å²) in [7, 11) is -3.70. The number of hydroxylamine groups is 3. The van der Waals surface area contributed by atoms with E-state index in [0.29, 0.717) is 44.8 Å². The minimum atomic E-state index is -3.70. The van der Waals surface area contributed by atoms with Crippen LogP contribution in [0, 0.1) is 0 Å². The zero-order valence-electron chi connectivity index (χ0n) is 38.7. The number of unbranched alkanes of at least 4 members (excludes halogenated alkanes) is 2. The topological polar surface area (TPSA) is 88.3 Å². The van der Waals surface area contributed by atoms with Crippen molar-refractivity contribution >= 4 is 72.4 Å². The van der Waals surface area contributed by atoms with Crippen LogP contribution in [0.15, 0.2) is 119 Å². The van der Waals surface area contributed by atoms with Gasteiger partial charge in [-0.3, -0.25) is 0 Å². The third kappa shape index (κ3) is 9.83. The first-order chi connectivity index (χ1) is 30.7. The lowest BCUT2D eigenvalue weighted by Gasteiger charge is -2.30. The highest BCUT2D eigenvalue weighted by Gasteiger charge is 2.46. The zero-order valence-corrected chi connectivity index (χ0v) is 41.1. The summed E-state index contributed by atoms with van der Waals surface area (Å²) < 4.78 is 39.3. The summed E-state index contributed by atoms with van der Waals surface area (Å²) in [6.45, 7) is 18.5. The van der Waals surface area contributed by atoms with Crippen molar-refractivity contribution in [3.05, 3.63) is 130 Å². The Morgan fingerprint density at radius 3 is 2.17 bits per heavy atom. The SMILES string of the molecule is CC[N+](CC)(CC)OS(=O)(=O)CCCC[N+]1=C(/C=C/C2=C(Cl)C(=C/C=C3/N(CCCCSOOO)c4ccc5ccccc5c4C3(C)C)/CCC2)C(C)(C)c2c1ccc1ccccc21. The van der Waals surface area contributed by atoms with Crippen LogP contribution < -0.4 is 4.90 Å². The van der Waals surface area contributed by atoms with Crippen molar-refractivity contribution in [2.24, 2.45) is 0 Å². The van der Waals surface area contributed by atoms with E-state index in [9.17, 15) is 8.42 Å². The predicted octanol–water partition coefficient (Wildman–Crippen LogP) is 13.0. The number of rotatable bonds is 20. The summed E-state index contributed by atoms with van der Waals surface area (Å²) >= 11 is 8.52. The lowest BCUT2D eigenvalue weighted by molar-refractivity contribution is -1.08. The highest BCUT2D eigenvalue weighted by atomic mass is 35.5. The Kier molecular flexibility index (Phi) is 15.3. The number of hydrogen-bond acceptors (Lipinski definition) is 8. The summed E-state index contributed by atoms with van der Waals surface area (Å²) in [5, 5.41) is 18.1. The van der Waals surface area contributed by atoms with Crippen LogP contribution in [0.4, 0.5) is 11.4 Å². The number of hydrogen-bond donors (Lipinski definition) is 1. The molecule has 7 rings (SSSR count). The number of nitrogens with zero attached hydrogens (tertiary/aromatic N) is 3. The molecule has 64 heavy (non-hydrogen) atoms. The Morgan fingerprint density at radius 2 is 1.48 bits per heavy atom. The van der Waals surface area contributed by atoms with E-state index >= 15 is 0 Å². The van der Waals surface area contributed by atoms with Gasteiger partial charge in [0.2, 0.25) is 5.69 Å². The number of benzene rings is 4. The molecule has 12 heteroatoms. The molecule has 0 spiro atoms. The summed E-state index contributed by atoms with van der Waals surface area (Å²) in [6.07, 6.45) is 14.8. The molecule has 1 N–H and O–H groups in total. The van der Waals surface area contributed by atoms with Gasteiger partial charge >= 0.3 is 10.1 Å². The van der Waals surface area contributed by atoms with Crippen LogP contribution in [0.2, 0.25) is 0 Å². The molecule has 0 saturated carbocycles. The highest BCUT2D eigenvalue weighted by molar-refractivity contribution is 7.94. The molecule has 0 bridgehead atoms. The van der Waals surface area contributed by atoms with Gasteiger partial charge in [-0.1, -0.05) is 102 Å². The van der Waals surface area contributed by atoms with Crippen LogP contribution in [0.5, 0.6) is 0 Å². The second-order valence-corrected chi connectivity index (χ2v) is 21.1. The standard InChI is InChI=1S/C52H65ClN3O6S2/c1-8-56(9-2,10-3)60-64(58,59)37-18-16-35-55-45-31-27-39-21-12-14-25-43(39)49(45)52(6,7)47(55)33-29-41-23-19-22-40(50(41)53)28-32-46-51(4,5)48-42-24-13-11-20-38(42)26-30-44(48)54(46)34-15-17-36-63-62-61-57/h11-14,20-21,24-33H,8-10,15-19,22-23,34-37H2,1-7H3/q+1/p+1. The van der Waals surface area contributed by atoms with Gasteiger partial charge in [-0.05, 0) is 130 Å². The summed E-state index contributed by atoms with van der Waals surface area (Å²) in [5.41, 5.74) is 9.13. The second kappa shape index (κ2) is 20.4. The molecular formula is C52H66ClN3O6S2+2. The van der Waals surface area contributed by atoms with Gasteiger partial charge in [0, 0.05) is 70.3 Å². The van der Waals surface area contributed by atoms with Crippen molar-refractivity contribution in [2.75, 3.05) is 49.1 Å². The summed E-state index contributed by atoms with van der Waals surface area (Å²) in [6, 6.07) is 26.1. The molecule has 0 amide bonds. The molecule has 9 nitrogen and oxygen atoms in total. The number of fused-ring (bicyclic) bond motifs is 6. The first-order valence-corrected chi connectivity index (χ1v) is 25.9. The van der Waals surface area contributed by atoms with Crippen molar-refractivity contribution in [3.8, 4) is 0 Å². The zero-order chi connectivity index (χ0) is 45.7. The fourth-order valence-electron chi connectivity index (χ4n) is 10.3. The number of anilines is 1. The highest BCUT2D eigenvalue weighted by Crippen LogP contribution is 2.51. The summed E-state index contributed by atoms with van der Waals surface area (Å²) in [4.78, 5) is 2.47. The van der Waals surface area contributed by atoms with Crippen LogP contribution in [0.25, 0.3) is 21.5 Å². The molecule has 342 valence electrons. The Labute approximate surface area is 390 Å². The maximum atomic E-state index is 13.2. The lowest BCUT2D eigenvalue weighted by atomic mass is 9.78. The van der Waals surface area contributed by atoms with Crippen molar-refractivity contribution in [2.45, 2.75) is 104 Å². The lowest BCUT2D eigenvalue weighted by Crippen LogP contribution is -2.49. The molecule has 4 aromatic rings. The molecule has 0 aromatic heterocycles. The molecule has 0 saturated heterocycles. The maximum Gasteiger partial charge on any atom is 0.314 e. The van der Waals surface area contributed by atoms with Crippen LogP contribution in [-0.2, 0) is 34.6 Å². The molecule has 4 aromatic carbocycles.